The van der Waals surface area contributed by atoms with Crippen molar-refractivity contribution in [3.8, 4) is 0 Å². The average molecular weight is 310 g/mol. The summed E-state index contributed by atoms with van der Waals surface area (Å²) in [7, 11) is 0. The lowest BCUT2D eigenvalue weighted by atomic mass is 9.48. The summed E-state index contributed by atoms with van der Waals surface area (Å²) >= 11 is 6.08. The number of nitrogens with one attached hydrogen (secondary N) is 1. The Kier molecular flexibility index (Phi) is 3.28. The van der Waals surface area contributed by atoms with Gasteiger partial charge in [-0.3, -0.25) is 4.79 Å². The van der Waals surface area contributed by atoms with E-state index >= 15 is 0 Å². The second-order valence-corrected chi connectivity index (χ2v) is 6.88. The van der Waals surface area contributed by atoms with Crippen molar-refractivity contribution in [2.45, 2.75) is 38.8 Å². The van der Waals surface area contributed by atoms with Gasteiger partial charge < -0.3 is 15.8 Å². The van der Waals surface area contributed by atoms with Crippen molar-refractivity contribution in [1.82, 2.24) is 4.98 Å². The first-order chi connectivity index (χ1) is 9.80. The summed E-state index contributed by atoms with van der Waals surface area (Å²) in [5, 5.41) is 3.16. The number of amides is 1. The second-order valence-electron chi connectivity index (χ2n) is 6.53. The molecule has 0 radical (unpaired) electrons. The monoisotopic (exact) mass is 309 g/mol. The van der Waals surface area contributed by atoms with E-state index in [1.54, 1.807) is 12.3 Å². The maximum atomic E-state index is 12.8. The minimum Gasteiger partial charge on any atom is -0.377 e. The zero-order valence-electron chi connectivity index (χ0n) is 12.4. The third-order valence-corrected chi connectivity index (χ3v) is 5.47. The topological polar surface area (TPSA) is 77.2 Å². The summed E-state index contributed by atoms with van der Waals surface area (Å²) in [6.45, 7) is 6.50. The molecule has 2 aliphatic rings. The van der Waals surface area contributed by atoms with Crippen LogP contribution in [0.3, 0.4) is 0 Å². The minimum absolute atomic E-state index is 0.0544. The first-order valence-electron chi connectivity index (χ1n) is 7.13. The highest BCUT2D eigenvalue weighted by atomic mass is 35.5. The average Bonchev–Trinajstić information content (AvgIpc) is 2.90. The third-order valence-electron chi connectivity index (χ3n) is 5.18. The van der Waals surface area contributed by atoms with Gasteiger partial charge in [0, 0.05) is 24.1 Å². The third kappa shape index (κ3) is 1.84. The first-order valence-corrected chi connectivity index (χ1v) is 7.51. The Labute approximate surface area is 129 Å². The van der Waals surface area contributed by atoms with Crippen molar-refractivity contribution in [3.05, 3.63) is 23.0 Å². The zero-order valence-corrected chi connectivity index (χ0v) is 13.2. The second kappa shape index (κ2) is 4.66. The molecule has 6 heteroatoms. The minimum atomic E-state index is -0.945. The number of ether oxygens (including phenoxy) is 1. The van der Waals surface area contributed by atoms with Crippen LogP contribution in [0.15, 0.2) is 12.3 Å². The van der Waals surface area contributed by atoms with Crippen LogP contribution in [0.2, 0.25) is 5.15 Å². The van der Waals surface area contributed by atoms with E-state index in [4.69, 9.17) is 22.1 Å². The molecular formula is C15H20ClN3O2. The number of aromatic nitrogens is 1. The Morgan fingerprint density at radius 1 is 1.57 bits per heavy atom. The quantitative estimate of drug-likeness (QED) is 0.820. The Morgan fingerprint density at radius 2 is 2.29 bits per heavy atom. The number of hydrogen-bond acceptors (Lipinski definition) is 4. The molecule has 1 aromatic rings. The van der Waals surface area contributed by atoms with E-state index in [9.17, 15) is 4.79 Å². The normalized spacial score (nSPS) is 33.2. The summed E-state index contributed by atoms with van der Waals surface area (Å²) in [6, 6.07) is 1.80. The SMILES string of the molecule is Cc1ccnc(Cl)c1NC(=O)C1(N)C2CCOC2C1(C)C. The number of carbonyl (C=O) groups is 1. The van der Waals surface area contributed by atoms with Gasteiger partial charge in [-0.2, -0.15) is 0 Å². The molecule has 0 bridgehead atoms. The molecule has 114 valence electrons. The first kappa shape index (κ1) is 14.8. The fourth-order valence-electron chi connectivity index (χ4n) is 3.74. The van der Waals surface area contributed by atoms with E-state index in [1.165, 1.54) is 0 Å². The molecule has 3 atom stereocenters. The van der Waals surface area contributed by atoms with Crippen molar-refractivity contribution in [1.29, 1.82) is 0 Å². The number of fused-ring (bicyclic) bond motifs is 1. The van der Waals surface area contributed by atoms with Gasteiger partial charge in [0.05, 0.1) is 11.8 Å². The molecule has 5 nitrogen and oxygen atoms in total. The van der Waals surface area contributed by atoms with Crippen LogP contribution >= 0.6 is 11.6 Å². The fourth-order valence-corrected chi connectivity index (χ4v) is 3.99. The van der Waals surface area contributed by atoms with E-state index in [-0.39, 0.29) is 23.1 Å². The summed E-state index contributed by atoms with van der Waals surface area (Å²) in [5.74, 6) is -0.152. The van der Waals surface area contributed by atoms with E-state index in [0.29, 0.717) is 12.3 Å². The highest BCUT2D eigenvalue weighted by molar-refractivity contribution is 6.32. The molecule has 0 spiro atoms. The van der Waals surface area contributed by atoms with Gasteiger partial charge in [0.2, 0.25) is 5.91 Å². The molecule has 21 heavy (non-hydrogen) atoms. The van der Waals surface area contributed by atoms with Gasteiger partial charge in [-0.25, -0.2) is 4.98 Å². The van der Waals surface area contributed by atoms with Gasteiger partial charge in [-0.15, -0.1) is 0 Å². The van der Waals surface area contributed by atoms with E-state index in [1.807, 2.05) is 20.8 Å². The van der Waals surface area contributed by atoms with Crippen LogP contribution in [0.25, 0.3) is 0 Å². The van der Waals surface area contributed by atoms with Crippen LogP contribution in [0.4, 0.5) is 5.69 Å². The molecule has 1 saturated heterocycles. The molecule has 1 amide bonds. The number of carbonyl (C=O) groups excluding carboxylic acids is 1. The number of aryl methyl sites for hydroxylation is 1. The lowest BCUT2D eigenvalue weighted by Crippen LogP contribution is -2.79. The maximum absolute atomic E-state index is 12.8. The number of hydrogen-bond donors (Lipinski definition) is 2. The van der Waals surface area contributed by atoms with Crippen LogP contribution in [-0.2, 0) is 9.53 Å². The lowest BCUT2D eigenvalue weighted by Gasteiger charge is -2.60. The van der Waals surface area contributed by atoms with Gasteiger partial charge >= 0.3 is 0 Å². The van der Waals surface area contributed by atoms with Crippen LogP contribution in [0, 0.1) is 18.3 Å². The molecule has 3 N–H and O–H groups in total. The van der Waals surface area contributed by atoms with Crippen molar-refractivity contribution < 1.29 is 9.53 Å². The molecule has 1 aliphatic carbocycles. The predicted octanol–water partition coefficient (Wildman–Crippen LogP) is 2.12. The summed E-state index contributed by atoms with van der Waals surface area (Å²) in [6.07, 6.45) is 2.48. The predicted molar refractivity (Wildman–Crippen MR) is 81.2 cm³/mol. The van der Waals surface area contributed by atoms with Gasteiger partial charge in [-0.1, -0.05) is 25.4 Å². The number of pyridine rings is 1. The fraction of sp³-hybridized carbons (Fsp3) is 0.600. The van der Waals surface area contributed by atoms with E-state index < -0.39 is 11.0 Å². The van der Waals surface area contributed by atoms with Crippen molar-refractivity contribution in [2.24, 2.45) is 17.1 Å². The van der Waals surface area contributed by atoms with Crippen molar-refractivity contribution >= 4 is 23.2 Å². The highest BCUT2D eigenvalue weighted by Crippen LogP contribution is 2.58. The van der Waals surface area contributed by atoms with Crippen LogP contribution in [0.5, 0.6) is 0 Å². The molecule has 3 rings (SSSR count). The number of rotatable bonds is 2. The van der Waals surface area contributed by atoms with Gasteiger partial charge in [-0.05, 0) is 25.0 Å². The Morgan fingerprint density at radius 3 is 2.95 bits per heavy atom. The smallest absolute Gasteiger partial charge is 0.245 e. The van der Waals surface area contributed by atoms with Crippen LogP contribution < -0.4 is 11.1 Å². The van der Waals surface area contributed by atoms with E-state index in [2.05, 4.69) is 10.3 Å². The largest absolute Gasteiger partial charge is 0.377 e. The zero-order chi connectivity index (χ0) is 15.4. The van der Waals surface area contributed by atoms with Crippen LogP contribution in [0.1, 0.15) is 25.8 Å². The molecule has 3 unspecified atom stereocenters. The summed E-state index contributed by atoms with van der Waals surface area (Å²) in [5.41, 5.74) is 6.55. The van der Waals surface area contributed by atoms with Gasteiger partial charge in [0.15, 0.2) is 5.15 Å². The standard InChI is InChI=1S/C15H20ClN3O2/c1-8-4-6-18-12(16)10(8)19-13(20)15(17)9-5-7-21-11(9)14(15,2)3/h4,6,9,11H,5,7,17H2,1-3H3,(H,19,20). The lowest BCUT2D eigenvalue weighted by molar-refractivity contribution is -0.170. The van der Waals surface area contributed by atoms with Crippen molar-refractivity contribution in [3.63, 3.8) is 0 Å². The molecular weight excluding hydrogens is 290 g/mol. The number of anilines is 1. The summed E-state index contributed by atoms with van der Waals surface area (Å²) < 4.78 is 5.71. The maximum Gasteiger partial charge on any atom is 0.245 e. The summed E-state index contributed by atoms with van der Waals surface area (Å²) in [4.78, 5) is 16.8. The van der Waals surface area contributed by atoms with Crippen molar-refractivity contribution in [2.75, 3.05) is 11.9 Å². The Bertz CT molecular complexity index is 584. The Hall–Kier alpha value is -1.17. The number of nitrogens with two attached hydrogens (primary N) is 1. The van der Waals surface area contributed by atoms with Crippen LogP contribution in [-0.4, -0.2) is 29.1 Å². The molecule has 2 fully saturated rings. The van der Waals surface area contributed by atoms with Gasteiger partial charge in [0.25, 0.3) is 0 Å². The number of nitrogens with zero attached hydrogens (tertiary/aromatic N) is 1. The van der Waals surface area contributed by atoms with E-state index in [0.717, 1.165) is 12.0 Å². The Balaban J connectivity index is 1.89. The highest BCUT2D eigenvalue weighted by Gasteiger charge is 2.71. The molecule has 2 heterocycles. The molecule has 1 aromatic heterocycles. The molecule has 0 aromatic carbocycles. The number of halogens is 1. The van der Waals surface area contributed by atoms with Gasteiger partial charge in [0.1, 0.15) is 5.54 Å². The molecule has 1 aliphatic heterocycles. The molecule has 1 saturated carbocycles.